The number of nitrogens with one attached hydrogen (secondary N) is 1. The van der Waals surface area contributed by atoms with Gasteiger partial charge in [-0.25, -0.2) is 0 Å². The molecule has 0 saturated carbocycles. The molecule has 1 amide bonds. The van der Waals surface area contributed by atoms with Gasteiger partial charge >= 0.3 is 0 Å². The largest absolute Gasteiger partial charge is 0.344 e. The second-order valence-corrected chi connectivity index (χ2v) is 6.70. The Morgan fingerprint density at radius 3 is 2.76 bits per heavy atom. The molecule has 0 aliphatic heterocycles. The lowest BCUT2D eigenvalue weighted by Gasteiger charge is -2.07. The van der Waals surface area contributed by atoms with Crippen LogP contribution in [0.15, 0.2) is 52.6 Å². The monoisotopic (exact) mass is 362 g/mol. The van der Waals surface area contributed by atoms with E-state index in [-0.39, 0.29) is 5.91 Å². The topological polar surface area (TPSA) is 59.8 Å². The zero-order valence-electron chi connectivity index (χ0n) is 10.9. The maximum Gasteiger partial charge on any atom is 0.261 e. The smallest absolute Gasteiger partial charge is 0.261 e. The number of para-hydroxylation sites is 1. The zero-order chi connectivity index (χ0) is 14.7. The summed E-state index contributed by atoms with van der Waals surface area (Å²) in [5.41, 5.74) is 0.964. The highest BCUT2D eigenvalue weighted by Crippen LogP contribution is 2.21. The van der Waals surface area contributed by atoms with E-state index < -0.39 is 0 Å². The first-order valence-corrected chi connectivity index (χ1v) is 7.83. The molecule has 0 saturated heterocycles. The summed E-state index contributed by atoms with van der Waals surface area (Å²) in [6.07, 6.45) is 1.64. The zero-order valence-corrected chi connectivity index (χ0v) is 13.3. The minimum absolute atomic E-state index is 0.117. The summed E-state index contributed by atoms with van der Waals surface area (Å²) in [7, 11) is 0. The maximum atomic E-state index is 12.0. The van der Waals surface area contributed by atoms with Gasteiger partial charge < -0.3 is 5.32 Å². The van der Waals surface area contributed by atoms with Gasteiger partial charge in [-0.2, -0.15) is 0 Å². The van der Waals surface area contributed by atoms with Gasteiger partial charge in [0.05, 0.1) is 15.2 Å². The lowest BCUT2D eigenvalue weighted by atomic mass is 10.3. The molecule has 0 aliphatic rings. The van der Waals surface area contributed by atoms with Gasteiger partial charge in [0.2, 0.25) is 0 Å². The van der Waals surface area contributed by atoms with Crippen molar-refractivity contribution >= 4 is 33.2 Å². The number of carbonyl (C=O) groups excluding carboxylic acids is 1. The molecule has 0 unspecified atom stereocenters. The summed E-state index contributed by atoms with van der Waals surface area (Å²) in [4.78, 5) is 12.7. The van der Waals surface area contributed by atoms with Crippen LogP contribution in [0.25, 0.3) is 5.69 Å². The van der Waals surface area contributed by atoms with E-state index in [1.165, 1.54) is 11.3 Å². The van der Waals surface area contributed by atoms with Crippen molar-refractivity contribution in [2.75, 3.05) is 0 Å². The first kappa shape index (κ1) is 14.0. The average Bonchev–Trinajstić information content (AvgIpc) is 3.14. The Morgan fingerprint density at radius 2 is 2.05 bits per heavy atom. The molecule has 0 fully saturated rings. The Hall–Kier alpha value is -1.99. The number of aromatic nitrogens is 3. The molecule has 0 aliphatic carbocycles. The van der Waals surface area contributed by atoms with Gasteiger partial charge in [0, 0.05) is 5.69 Å². The number of amides is 1. The molecule has 21 heavy (non-hydrogen) atoms. The fourth-order valence-electron chi connectivity index (χ4n) is 1.87. The number of hydrogen-bond donors (Lipinski definition) is 1. The molecule has 1 aromatic carbocycles. The SMILES string of the molecule is O=C(NCc1nncn1-c1ccccc1)c1ccc(Br)s1. The van der Waals surface area contributed by atoms with Crippen LogP contribution in [0, 0.1) is 0 Å². The summed E-state index contributed by atoms with van der Waals surface area (Å²) < 4.78 is 2.78. The van der Waals surface area contributed by atoms with E-state index in [0.29, 0.717) is 17.2 Å². The molecular formula is C14H11BrN4OS. The summed E-state index contributed by atoms with van der Waals surface area (Å²) in [6, 6.07) is 13.4. The predicted molar refractivity (Wildman–Crippen MR) is 84.5 cm³/mol. The van der Waals surface area contributed by atoms with E-state index in [0.717, 1.165) is 9.47 Å². The van der Waals surface area contributed by atoms with E-state index in [1.807, 2.05) is 41.0 Å². The molecule has 0 radical (unpaired) electrons. The number of halogens is 1. The van der Waals surface area contributed by atoms with Gasteiger partial charge in [-0.05, 0) is 40.2 Å². The molecule has 7 heteroatoms. The van der Waals surface area contributed by atoms with Crippen molar-refractivity contribution in [1.29, 1.82) is 0 Å². The van der Waals surface area contributed by atoms with Crippen molar-refractivity contribution < 1.29 is 4.79 Å². The molecule has 2 heterocycles. The van der Waals surface area contributed by atoms with E-state index in [2.05, 4.69) is 31.4 Å². The lowest BCUT2D eigenvalue weighted by Crippen LogP contribution is -2.23. The molecular weight excluding hydrogens is 352 g/mol. The average molecular weight is 363 g/mol. The number of rotatable bonds is 4. The molecule has 0 spiro atoms. The second-order valence-electron chi connectivity index (χ2n) is 4.24. The van der Waals surface area contributed by atoms with Crippen LogP contribution in [0.5, 0.6) is 0 Å². The third-order valence-corrected chi connectivity index (χ3v) is 4.48. The highest BCUT2D eigenvalue weighted by molar-refractivity contribution is 9.11. The summed E-state index contributed by atoms with van der Waals surface area (Å²) in [5, 5.41) is 10.8. The Kier molecular flexibility index (Phi) is 4.12. The first-order chi connectivity index (χ1) is 10.2. The van der Waals surface area contributed by atoms with Gasteiger partial charge in [0.15, 0.2) is 5.82 Å². The summed E-state index contributed by atoms with van der Waals surface area (Å²) in [6.45, 7) is 0.323. The van der Waals surface area contributed by atoms with Crippen molar-refractivity contribution in [1.82, 2.24) is 20.1 Å². The summed E-state index contributed by atoms with van der Waals surface area (Å²) in [5.74, 6) is 0.568. The van der Waals surface area contributed by atoms with Gasteiger partial charge in [-0.3, -0.25) is 9.36 Å². The Balaban J connectivity index is 1.72. The fourth-order valence-corrected chi connectivity index (χ4v) is 3.17. The van der Waals surface area contributed by atoms with Crippen LogP contribution in [0.4, 0.5) is 0 Å². The number of hydrogen-bond acceptors (Lipinski definition) is 4. The van der Waals surface area contributed by atoms with Gasteiger partial charge in [0.1, 0.15) is 6.33 Å². The van der Waals surface area contributed by atoms with Crippen molar-refractivity contribution in [3.05, 3.63) is 63.3 Å². The van der Waals surface area contributed by atoms with Gasteiger partial charge in [-0.15, -0.1) is 21.5 Å². The van der Waals surface area contributed by atoms with Crippen molar-refractivity contribution in [2.45, 2.75) is 6.54 Å². The first-order valence-electron chi connectivity index (χ1n) is 6.22. The van der Waals surface area contributed by atoms with Crippen LogP contribution in [0.2, 0.25) is 0 Å². The number of carbonyl (C=O) groups is 1. The predicted octanol–water partition coefficient (Wildman–Crippen LogP) is 3.02. The molecule has 0 atom stereocenters. The Bertz CT molecular complexity index is 753. The fraction of sp³-hybridized carbons (Fsp3) is 0.0714. The highest BCUT2D eigenvalue weighted by atomic mass is 79.9. The second kappa shape index (κ2) is 6.19. The Labute approximate surface area is 133 Å². The highest BCUT2D eigenvalue weighted by Gasteiger charge is 2.11. The summed E-state index contributed by atoms with van der Waals surface area (Å²) >= 11 is 4.74. The third-order valence-electron chi connectivity index (χ3n) is 2.86. The van der Waals surface area contributed by atoms with E-state index in [9.17, 15) is 4.79 Å². The number of thiophene rings is 1. The van der Waals surface area contributed by atoms with Gasteiger partial charge in [0.25, 0.3) is 5.91 Å². The molecule has 1 N–H and O–H groups in total. The van der Waals surface area contributed by atoms with Crippen molar-refractivity contribution in [3.63, 3.8) is 0 Å². The van der Waals surface area contributed by atoms with Crippen LogP contribution in [0.1, 0.15) is 15.5 Å². The van der Waals surface area contributed by atoms with Crippen LogP contribution in [-0.4, -0.2) is 20.7 Å². The van der Waals surface area contributed by atoms with Crippen LogP contribution in [0.3, 0.4) is 0 Å². The standard InChI is InChI=1S/C14H11BrN4OS/c15-12-7-6-11(21-12)14(20)16-8-13-18-17-9-19(13)10-4-2-1-3-5-10/h1-7,9H,8H2,(H,16,20). The van der Waals surface area contributed by atoms with Crippen molar-refractivity contribution in [2.24, 2.45) is 0 Å². The van der Waals surface area contributed by atoms with Crippen LogP contribution >= 0.6 is 27.3 Å². The quantitative estimate of drug-likeness (QED) is 0.775. The third kappa shape index (κ3) is 3.20. The van der Waals surface area contributed by atoms with E-state index in [4.69, 9.17) is 0 Å². The number of benzene rings is 1. The van der Waals surface area contributed by atoms with Crippen LogP contribution < -0.4 is 5.32 Å². The number of nitrogens with zero attached hydrogens (tertiary/aromatic N) is 3. The molecule has 0 bridgehead atoms. The van der Waals surface area contributed by atoms with Crippen molar-refractivity contribution in [3.8, 4) is 5.69 Å². The van der Waals surface area contributed by atoms with Gasteiger partial charge in [-0.1, -0.05) is 18.2 Å². The molecule has 5 nitrogen and oxygen atoms in total. The minimum Gasteiger partial charge on any atom is -0.344 e. The van der Waals surface area contributed by atoms with E-state index in [1.54, 1.807) is 12.4 Å². The van der Waals surface area contributed by atoms with Crippen LogP contribution in [-0.2, 0) is 6.54 Å². The molecule has 3 aromatic rings. The normalized spacial score (nSPS) is 10.5. The minimum atomic E-state index is -0.117. The molecule has 3 rings (SSSR count). The molecule has 106 valence electrons. The Morgan fingerprint density at radius 1 is 1.24 bits per heavy atom. The molecule has 2 aromatic heterocycles. The maximum absolute atomic E-state index is 12.0. The lowest BCUT2D eigenvalue weighted by molar-refractivity contribution is 0.0954. The van der Waals surface area contributed by atoms with E-state index >= 15 is 0 Å².